The highest BCUT2D eigenvalue weighted by molar-refractivity contribution is 6.02. The van der Waals surface area contributed by atoms with Crippen molar-refractivity contribution in [2.45, 2.75) is 64.2 Å². The molecule has 0 unspecified atom stereocenters. The second kappa shape index (κ2) is 10.2. The number of esters is 1. The molecule has 1 saturated heterocycles. The zero-order valence-electron chi connectivity index (χ0n) is 16.5. The minimum atomic E-state index is -0.389. The van der Waals surface area contributed by atoms with Crippen LogP contribution in [0.5, 0.6) is 0 Å². The van der Waals surface area contributed by atoms with E-state index in [1.807, 2.05) is 12.1 Å². The highest BCUT2D eigenvalue weighted by Gasteiger charge is 2.24. The average molecular weight is 386 g/mol. The summed E-state index contributed by atoms with van der Waals surface area (Å²) in [5, 5.41) is 2.76. The van der Waals surface area contributed by atoms with Crippen LogP contribution >= 0.6 is 0 Å². The van der Waals surface area contributed by atoms with E-state index in [2.05, 4.69) is 5.32 Å². The monoisotopic (exact) mass is 386 g/mol. The Kier molecular flexibility index (Phi) is 7.46. The number of hydrogen-bond donors (Lipinski definition) is 1. The lowest BCUT2D eigenvalue weighted by atomic mass is 9.86. The quantitative estimate of drug-likeness (QED) is 0.684. The maximum Gasteiger partial charge on any atom is 0.306 e. The molecule has 6 heteroatoms. The molecule has 0 radical (unpaired) electrons. The van der Waals surface area contributed by atoms with E-state index in [-0.39, 0.29) is 24.4 Å². The Hall–Kier alpha value is -2.37. The summed E-state index contributed by atoms with van der Waals surface area (Å²) in [4.78, 5) is 37.8. The van der Waals surface area contributed by atoms with Crippen molar-refractivity contribution < 1.29 is 19.1 Å². The summed E-state index contributed by atoms with van der Waals surface area (Å²) in [6.07, 6.45) is 10.1. The van der Waals surface area contributed by atoms with Gasteiger partial charge < -0.3 is 15.0 Å². The van der Waals surface area contributed by atoms with Crippen molar-refractivity contribution in [2.75, 3.05) is 23.4 Å². The number of rotatable bonds is 8. The number of hydrogen-bond acceptors (Lipinski definition) is 4. The maximum absolute atomic E-state index is 12.2. The van der Waals surface area contributed by atoms with Gasteiger partial charge in [-0.3, -0.25) is 14.4 Å². The highest BCUT2D eigenvalue weighted by Crippen LogP contribution is 2.29. The first kappa shape index (κ1) is 20.4. The molecule has 2 aliphatic rings. The van der Waals surface area contributed by atoms with Crippen molar-refractivity contribution in [1.29, 1.82) is 0 Å². The number of para-hydroxylation sites is 2. The van der Waals surface area contributed by atoms with Crippen LogP contribution in [0.25, 0.3) is 0 Å². The standard InChI is InChI=1S/C22H30N2O4/c25-20(16-28-22(27)14-6-10-17-8-2-1-3-9-17)23-18-11-4-5-12-19(18)24-15-7-13-21(24)26/h4-5,11-12,17H,1-3,6-10,13-16H2,(H,23,25). The molecule has 1 aliphatic carbocycles. The Morgan fingerprint density at radius 2 is 1.89 bits per heavy atom. The molecule has 2 fully saturated rings. The third-order valence-corrected chi connectivity index (χ3v) is 5.62. The van der Waals surface area contributed by atoms with E-state index in [0.717, 1.165) is 25.2 Å². The van der Waals surface area contributed by atoms with Crippen molar-refractivity contribution in [1.82, 2.24) is 0 Å². The zero-order chi connectivity index (χ0) is 19.8. The van der Waals surface area contributed by atoms with Crippen LogP contribution in [0, 0.1) is 5.92 Å². The van der Waals surface area contributed by atoms with Crippen molar-refractivity contribution >= 4 is 29.2 Å². The molecule has 6 nitrogen and oxygen atoms in total. The predicted molar refractivity (Wildman–Crippen MR) is 108 cm³/mol. The van der Waals surface area contributed by atoms with Gasteiger partial charge in [-0.15, -0.1) is 0 Å². The van der Waals surface area contributed by atoms with Crippen LogP contribution in [0.15, 0.2) is 24.3 Å². The molecule has 1 aromatic carbocycles. The Balaban J connectivity index is 1.40. The van der Waals surface area contributed by atoms with Crippen LogP contribution in [-0.2, 0) is 19.1 Å². The molecule has 0 aromatic heterocycles. The normalized spacial score (nSPS) is 17.6. The summed E-state index contributed by atoms with van der Waals surface area (Å²) in [5.41, 5.74) is 1.26. The van der Waals surface area contributed by atoms with Gasteiger partial charge in [0.05, 0.1) is 11.4 Å². The molecule has 0 spiro atoms. The molecule has 1 N–H and O–H groups in total. The molecule has 0 bridgehead atoms. The van der Waals surface area contributed by atoms with Crippen molar-refractivity contribution in [3.8, 4) is 0 Å². The number of nitrogens with zero attached hydrogens (tertiary/aromatic N) is 1. The molecule has 0 atom stereocenters. The first-order chi connectivity index (χ1) is 13.6. The minimum absolute atomic E-state index is 0.0612. The van der Waals surface area contributed by atoms with E-state index in [1.54, 1.807) is 17.0 Å². The molecule has 1 heterocycles. The maximum atomic E-state index is 12.2. The van der Waals surface area contributed by atoms with Crippen molar-refractivity contribution in [2.24, 2.45) is 5.92 Å². The van der Waals surface area contributed by atoms with Crippen LogP contribution in [0.2, 0.25) is 0 Å². The number of anilines is 2. The molecule has 28 heavy (non-hydrogen) atoms. The minimum Gasteiger partial charge on any atom is -0.456 e. The summed E-state index contributed by atoms with van der Waals surface area (Å²) in [5.74, 6) is 0.0921. The predicted octanol–water partition coefficient (Wildman–Crippen LogP) is 4.05. The van der Waals surface area contributed by atoms with E-state index >= 15 is 0 Å². The zero-order valence-corrected chi connectivity index (χ0v) is 16.5. The Morgan fingerprint density at radius 3 is 2.64 bits per heavy atom. The van der Waals surface area contributed by atoms with Gasteiger partial charge in [-0.25, -0.2) is 0 Å². The van der Waals surface area contributed by atoms with E-state index in [0.29, 0.717) is 30.8 Å². The van der Waals surface area contributed by atoms with Gasteiger partial charge in [-0.1, -0.05) is 44.2 Å². The largest absolute Gasteiger partial charge is 0.456 e. The molecular weight excluding hydrogens is 356 g/mol. The number of carbonyl (C=O) groups is 3. The fraction of sp³-hybridized carbons (Fsp3) is 0.591. The van der Waals surface area contributed by atoms with Gasteiger partial charge in [0.15, 0.2) is 6.61 Å². The number of benzene rings is 1. The molecule has 1 aromatic rings. The number of carbonyl (C=O) groups excluding carboxylic acids is 3. The van der Waals surface area contributed by atoms with Crippen molar-refractivity contribution in [3.63, 3.8) is 0 Å². The first-order valence-electron chi connectivity index (χ1n) is 10.5. The Morgan fingerprint density at radius 1 is 1.11 bits per heavy atom. The summed E-state index contributed by atoms with van der Waals surface area (Å²) < 4.78 is 5.12. The number of nitrogens with one attached hydrogen (secondary N) is 1. The topological polar surface area (TPSA) is 75.7 Å². The fourth-order valence-corrected chi connectivity index (χ4v) is 4.13. The fourth-order valence-electron chi connectivity index (χ4n) is 4.13. The van der Waals surface area contributed by atoms with Gasteiger partial charge in [0.2, 0.25) is 5.91 Å². The van der Waals surface area contributed by atoms with Gasteiger partial charge in [0.25, 0.3) is 5.91 Å². The summed E-state index contributed by atoms with van der Waals surface area (Å²) >= 11 is 0. The number of amides is 2. The van der Waals surface area contributed by atoms with Gasteiger partial charge in [0.1, 0.15) is 0 Å². The van der Waals surface area contributed by atoms with Crippen LogP contribution in [0.1, 0.15) is 64.2 Å². The highest BCUT2D eigenvalue weighted by atomic mass is 16.5. The van der Waals surface area contributed by atoms with Gasteiger partial charge in [0, 0.05) is 19.4 Å². The van der Waals surface area contributed by atoms with Gasteiger partial charge in [-0.05, 0) is 37.3 Å². The van der Waals surface area contributed by atoms with Crippen LogP contribution in [0.4, 0.5) is 11.4 Å². The average Bonchev–Trinajstić information content (AvgIpc) is 3.13. The smallest absolute Gasteiger partial charge is 0.306 e. The molecule has 3 rings (SSSR count). The molecule has 2 amide bonds. The van der Waals surface area contributed by atoms with Gasteiger partial charge >= 0.3 is 5.97 Å². The van der Waals surface area contributed by atoms with E-state index in [4.69, 9.17) is 4.74 Å². The lowest BCUT2D eigenvalue weighted by Crippen LogP contribution is -2.27. The summed E-state index contributed by atoms with van der Waals surface area (Å²) in [6.45, 7) is 0.353. The first-order valence-corrected chi connectivity index (χ1v) is 10.5. The lowest BCUT2D eigenvalue weighted by Gasteiger charge is -2.21. The third kappa shape index (κ3) is 5.81. The van der Waals surface area contributed by atoms with E-state index in [1.165, 1.54) is 32.1 Å². The molecule has 1 aliphatic heterocycles. The van der Waals surface area contributed by atoms with Crippen LogP contribution in [-0.4, -0.2) is 30.9 Å². The summed E-state index contributed by atoms with van der Waals surface area (Å²) in [7, 11) is 0. The van der Waals surface area contributed by atoms with Gasteiger partial charge in [-0.2, -0.15) is 0 Å². The van der Waals surface area contributed by atoms with Crippen LogP contribution in [0.3, 0.4) is 0 Å². The van der Waals surface area contributed by atoms with Crippen molar-refractivity contribution in [3.05, 3.63) is 24.3 Å². The molecule has 152 valence electrons. The second-order valence-corrected chi connectivity index (χ2v) is 7.77. The van der Waals surface area contributed by atoms with E-state index < -0.39 is 0 Å². The molecular formula is C22H30N2O4. The SMILES string of the molecule is O=C(COC(=O)CCCC1CCCCC1)Nc1ccccc1N1CCCC1=O. The molecule has 1 saturated carbocycles. The Bertz CT molecular complexity index is 698. The third-order valence-electron chi connectivity index (χ3n) is 5.62. The Labute approximate surface area is 166 Å². The number of ether oxygens (including phenoxy) is 1. The lowest BCUT2D eigenvalue weighted by molar-refractivity contribution is -0.147. The van der Waals surface area contributed by atoms with Crippen LogP contribution < -0.4 is 10.2 Å². The second-order valence-electron chi connectivity index (χ2n) is 7.77. The summed E-state index contributed by atoms with van der Waals surface area (Å²) in [6, 6.07) is 7.21. The van der Waals surface area contributed by atoms with E-state index in [9.17, 15) is 14.4 Å².